The Morgan fingerprint density at radius 1 is 1.48 bits per heavy atom. The molecule has 0 aliphatic carbocycles. The first-order chi connectivity index (χ1) is 11.9. The smallest absolute Gasteiger partial charge is 0.249 e. The summed E-state index contributed by atoms with van der Waals surface area (Å²) in [6.07, 6.45) is -1.30. The molecule has 1 amide bonds. The van der Waals surface area contributed by atoms with E-state index in [0.29, 0.717) is 26.2 Å². The van der Waals surface area contributed by atoms with Crippen LogP contribution in [-0.4, -0.2) is 61.7 Å². The molecule has 1 aromatic rings. The Balaban J connectivity index is 1.67. The minimum absolute atomic E-state index is 0.196. The lowest BCUT2D eigenvalue weighted by atomic mass is 9.85. The Labute approximate surface area is 150 Å². The van der Waals surface area contributed by atoms with Gasteiger partial charge in [-0.15, -0.1) is 11.3 Å². The summed E-state index contributed by atoms with van der Waals surface area (Å²) in [5.41, 5.74) is 0.748. The fourth-order valence-electron chi connectivity index (χ4n) is 3.69. The first-order valence-corrected chi connectivity index (χ1v) is 9.41. The van der Waals surface area contributed by atoms with Crippen molar-refractivity contribution in [1.29, 1.82) is 0 Å². The molecule has 1 atom stereocenters. The molecule has 25 heavy (non-hydrogen) atoms. The molecule has 2 aliphatic rings. The molecule has 0 radical (unpaired) electrons. The first-order valence-electron chi connectivity index (χ1n) is 8.60. The van der Waals surface area contributed by atoms with E-state index in [4.69, 9.17) is 4.74 Å². The molecule has 3 heterocycles. The van der Waals surface area contributed by atoms with Crippen molar-refractivity contribution >= 4 is 17.2 Å². The molecule has 8 heteroatoms. The summed E-state index contributed by atoms with van der Waals surface area (Å²) in [5.74, 6) is -0.383. The third kappa shape index (κ3) is 4.02. The number of nitrogens with zero attached hydrogens (tertiary/aromatic N) is 1. The Bertz CT molecular complexity index is 615. The van der Waals surface area contributed by atoms with Crippen LogP contribution in [0, 0.1) is 0 Å². The summed E-state index contributed by atoms with van der Waals surface area (Å²) in [6, 6.07) is 1.91. The van der Waals surface area contributed by atoms with Crippen molar-refractivity contribution in [3.05, 3.63) is 21.4 Å². The number of piperidine rings is 1. The minimum Gasteiger partial charge on any atom is -0.382 e. The van der Waals surface area contributed by atoms with Gasteiger partial charge in [0.2, 0.25) is 12.3 Å². The fourth-order valence-corrected chi connectivity index (χ4v) is 5.11. The summed E-state index contributed by atoms with van der Waals surface area (Å²) in [7, 11) is 1.50. The average Bonchev–Trinajstić information content (AvgIpc) is 2.99. The summed E-state index contributed by atoms with van der Waals surface area (Å²) in [6.45, 7) is 2.31. The molecule has 1 saturated heterocycles. The number of rotatable bonds is 5. The molecular formula is C17H24F2N2O3S. The van der Waals surface area contributed by atoms with Crippen LogP contribution in [0.15, 0.2) is 6.07 Å². The largest absolute Gasteiger partial charge is 0.382 e. The Kier molecular flexibility index (Phi) is 5.72. The van der Waals surface area contributed by atoms with Crippen molar-refractivity contribution in [3.8, 4) is 0 Å². The number of aliphatic hydroxyl groups excluding tert-OH is 1. The molecule has 0 saturated carbocycles. The third-order valence-electron chi connectivity index (χ3n) is 5.02. The first kappa shape index (κ1) is 18.7. The van der Waals surface area contributed by atoms with Crippen LogP contribution in [0.2, 0.25) is 0 Å². The van der Waals surface area contributed by atoms with Gasteiger partial charge in [0.1, 0.15) is 11.7 Å². The number of thiophene rings is 1. The molecule has 0 aromatic carbocycles. The number of nitrogens with one attached hydrogen (secondary N) is 1. The number of hydrogen-bond donors (Lipinski definition) is 2. The number of likely N-dealkylation sites (N-methyl/N-ethyl adjacent to an activating group) is 1. The summed E-state index contributed by atoms with van der Waals surface area (Å²) >= 11 is 1.46. The van der Waals surface area contributed by atoms with Crippen LogP contribution in [0.4, 0.5) is 8.78 Å². The number of carbonyl (C=O) groups excluding carboxylic acids is 1. The van der Waals surface area contributed by atoms with Gasteiger partial charge in [-0.2, -0.15) is 0 Å². The lowest BCUT2D eigenvalue weighted by Gasteiger charge is -2.44. The molecule has 3 rings (SSSR count). The molecule has 1 unspecified atom stereocenters. The van der Waals surface area contributed by atoms with Crippen LogP contribution in [0.25, 0.3) is 0 Å². The second-order valence-electron chi connectivity index (χ2n) is 6.69. The number of carbonyl (C=O) groups is 1. The van der Waals surface area contributed by atoms with Crippen LogP contribution in [-0.2, 0) is 28.0 Å². The lowest BCUT2D eigenvalue weighted by Crippen LogP contribution is -2.49. The zero-order chi connectivity index (χ0) is 18.0. The van der Waals surface area contributed by atoms with Crippen LogP contribution in [0.3, 0.4) is 0 Å². The van der Waals surface area contributed by atoms with Crippen LogP contribution >= 0.6 is 11.3 Å². The van der Waals surface area contributed by atoms with Gasteiger partial charge in [0.15, 0.2) is 0 Å². The second kappa shape index (κ2) is 7.65. The van der Waals surface area contributed by atoms with Crippen molar-refractivity contribution in [2.45, 2.75) is 43.8 Å². The maximum atomic E-state index is 12.7. The highest BCUT2D eigenvalue weighted by Crippen LogP contribution is 2.45. The molecule has 1 fully saturated rings. The SMILES string of the molecule is CNC(=O)C(O)CN1CCC2(CC1)OCCc1cc(CC(F)F)sc12. The molecule has 2 aliphatic heterocycles. The zero-order valence-corrected chi connectivity index (χ0v) is 15.1. The van der Waals surface area contributed by atoms with Gasteiger partial charge >= 0.3 is 0 Å². The summed E-state index contributed by atoms with van der Waals surface area (Å²) in [5, 5.41) is 12.3. The van der Waals surface area contributed by atoms with Crippen LogP contribution in [0.5, 0.6) is 0 Å². The number of ether oxygens (including phenoxy) is 1. The van der Waals surface area contributed by atoms with E-state index in [2.05, 4.69) is 10.2 Å². The molecular weight excluding hydrogens is 350 g/mol. The topological polar surface area (TPSA) is 61.8 Å². The van der Waals surface area contributed by atoms with Gasteiger partial charge in [-0.1, -0.05) is 0 Å². The molecule has 140 valence electrons. The highest BCUT2D eigenvalue weighted by Gasteiger charge is 2.42. The van der Waals surface area contributed by atoms with Crippen LogP contribution < -0.4 is 5.32 Å². The van der Waals surface area contributed by atoms with E-state index in [-0.39, 0.29) is 12.3 Å². The quantitative estimate of drug-likeness (QED) is 0.821. The molecule has 2 N–H and O–H groups in total. The number of amides is 1. The summed E-state index contributed by atoms with van der Waals surface area (Å²) < 4.78 is 31.5. The van der Waals surface area contributed by atoms with Crippen molar-refractivity contribution in [1.82, 2.24) is 10.2 Å². The number of likely N-dealkylation sites (tertiary alicyclic amines) is 1. The highest BCUT2D eigenvalue weighted by molar-refractivity contribution is 7.12. The predicted octanol–water partition coefficient (Wildman–Crippen LogP) is 1.53. The van der Waals surface area contributed by atoms with Gasteiger partial charge in [-0.3, -0.25) is 9.69 Å². The normalized spacial score (nSPS) is 21.3. The van der Waals surface area contributed by atoms with Gasteiger partial charge in [0, 0.05) is 42.9 Å². The predicted molar refractivity (Wildman–Crippen MR) is 91.1 cm³/mol. The minimum atomic E-state index is -2.33. The van der Waals surface area contributed by atoms with E-state index in [1.54, 1.807) is 0 Å². The van der Waals surface area contributed by atoms with Gasteiger partial charge in [0.05, 0.1) is 6.61 Å². The van der Waals surface area contributed by atoms with Crippen molar-refractivity contribution in [2.24, 2.45) is 0 Å². The van der Waals surface area contributed by atoms with Crippen molar-refractivity contribution in [2.75, 3.05) is 33.3 Å². The zero-order valence-electron chi connectivity index (χ0n) is 14.3. The summed E-state index contributed by atoms with van der Waals surface area (Å²) in [4.78, 5) is 15.3. The van der Waals surface area contributed by atoms with E-state index in [0.717, 1.165) is 34.6 Å². The molecule has 1 spiro atoms. The number of alkyl halides is 2. The van der Waals surface area contributed by atoms with E-state index < -0.39 is 18.1 Å². The maximum absolute atomic E-state index is 12.7. The van der Waals surface area contributed by atoms with Crippen LogP contribution in [0.1, 0.15) is 28.2 Å². The molecule has 5 nitrogen and oxygen atoms in total. The lowest BCUT2D eigenvalue weighted by molar-refractivity contribution is -0.131. The van der Waals surface area contributed by atoms with Gasteiger partial charge in [-0.05, 0) is 30.9 Å². The number of hydrogen-bond acceptors (Lipinski definition) is 5. The molecule has 1 aromatic heterocycles. The van der Waals surface area contributed by atoms with E-state index in [1.807, 2.05) is 6.07 Å². The van der Waals surface area contributed by atoms with E-state index in [9.17, 15) is 18.7 Å². The van der Waals surface area contributed by atoms with Gasteiger partial charge < -0.3 is 15.2 Å². The number of fused-ring (bicyclic) bond motifs is 2. The van der Waals surface area contributed by atoms with Crippen molar-refractivity contribution in [3.63, 3.8) is 0 Å². The van der Waals surface area contributed by atoms with E-state index >= 15 is 0 Å². The Hall–Kier alpha value is -1.09. The number of halogens is 2. The van der Waals surface area contributed by atoms with E-state index in [1.165, 1.54) is 18.4 Å². The van der Waals surface area contributed by atoms with Gasteiger partial charge in [0.25, 0.3) is 0 Å². The Morgan fingerprint density at radius 2 is 2.20 bits per heavy atom. The fraction of sp³-hybridized carbons (Fsp3) is 0.706. The maximum Gasteiger partial charge on any atom is 0.249 e. The second-order valence-corrected chi connectivity index (χ2v) is 7.82. The Morgan fingerprint density at radius 3 is 2.84 bits per heavy atom. The van der Waals surface area contributed by atoms with Gasteiger partial charge in [-0.25, -0.2) is 8.78 Å². The standard InChI is InChI=1S/C17H24F2N2O3S/c1-20-16(23)13(22)10-21-5-3-17(4-6-21)15-11(2-7-24-17)8-12(25-15)9-14(18)19/h8,13-14,22H,2-7,9-10H2,1H3,(H,20,23). The molecule has 0 bridgehead atoms. The number of β-amino-alcohol motifs (C(OH)–C–C–N with tert-alkyl or cyclic N) is 1. The average molecular weight is 374 g/mol. The monoisotopic (exact) mass is 374 g/mol. The number of aliphatic hydroxyl groups is 1. The third-order valence-corrected chi connectivity index (χ3v) is 6.41. The highest BCUT2D eigenvalue weighted by atomic mass is 32.1. The van der Waals surface area contributed by atoms with Crippen molar-refractivity contribution < 1.29 is 23.4 Å².